The van der Waals surface area contributed by atoms with E-state index in [1.165, 1.54) is 36.0 Å². The first-order valence-corrected chi connectivity index (χ1v) is 9.72. The molecular weight excluding hydrogens is 320 g/mol. The third-order valence-corrected chi connectivity index (χ3v) is 6.24. The molecule has 3 rings (SSSR count). The molecule has 0 bridgehead atoms. The average molecular weight is 351 g/mol. The van der Waals surface area contributed by atoms with Crippen LogP contribution in [0.4, 0.5) is 8.78 Å². The van der Waals surface area contributed by atoms with Gasteiger partial charge in [-0.1, -0.05) is 18.2 Å². The second kappa shape index (κ2) is 7.32. The monoisotopic (exact) mass is 351 g/mol. The Morgan fingerprint density at radius 3 is 2.52 bits per heavy atom. The second-order valence-corrected chi connectivity index (χ2v) is 8.33. The maximum Gasteiger partial charge on any atom is 0.248 e. The summed E-state index contributed by atoms with van der Waals surface area (Å²) in [5.41, 5.74) is 3.22. The first-order valence-electron chi connectivity index (χ1n) is 9.72. The predicted octanol–water partition coefficient (Wildman–Crippen LogP) is 4.79. The van der Waals surface area contributed by atoms with Gasteiger partial charge in [-0.2, -0.15) is 0 Å². The number of fused-ring (bicyclic) bond motifs is 1. The standard InChI is InChI=1S/C21H31F2NO/c1-15(17-8-7-16-5-3-4-6-18(16)13-17)24-14-20(2,25)19-9-11-21(22,23)12-10-19/h7-8,13,15,19,24-25H,3-6,9-12,14H2,1-2H3. The maximum atomic E-state index is 13.3. The number of benzene rings is 1. The minimum atomic E-state index is -2.55. The van der Waals surface area contributed by atoms with Crippen molar-refractivity contribution in [2.75, 3.05) is 6.54 Å². The molecule has 0 heterocycles. The number of aliphatic hydroxyl groups is 1. The van der Waals surface area contributed by atoms with Gasteiger partial charge < -0.3 is 10.4 Å². The number of nitrogens with one attached hydrogen (secondary N) is 1. The largest absolute Gasteiger partial charge is 0.389 e. The fourth-order valence-corrected chi connectivity index (χ4v) is 4.31. The lowest BCUT2D eigenvalue weighted by Crippen LogP contribution is -2.47. The molecule has 140 valence electrons. The van der Waals surface area contributed by atoms with Crippen molar-refractivity contribution in [3.8, 4) is 0 Å². The molecule has 1 aromatic carbocycles. The summed E-state index contributed by atoms with van der Waals surface area (Å²) in [6.45, 7) is 4.32. The predicted molar refractivity (Wildman–Crippen MR) is 97.0 cm³/mol. The minimum Gasteiger partial charge on any atom is -0.389 e. The first kappa shape index (κ1) is 18.8. The van der Waals surface area contributed by atoms with Crippen molar-refractivity contribution in [1.82, 2.24) is 5.32 Å². The average Bonchev–Trinajstić information content (AvgIpc) is 2.59. The van der Waals surface area contributed by atoms with E-state index in [0.29, 0.717) is 19.4 Å². The molecule has 2 unspecified atom stereocenters. The molecule has 1 fully saturated rings. The maximum absolute atomic E-state index is 13.3. The van der Waals surface area contributed by atoms with Crippen LogP contribution in [-0.2, 0) is 12.8 Å². The summed E-state index contributed by atoms with van der Waals surface area (Å²) in [4.78, 5) is 0. The van der Waals surface area contributed by atoms with Crippen LogP contribution in [0, 0.1) is 5.92 Å². The van der Waals surface area contributed by atoms with Gasteiger partial charge in [-0.15, -0.1) is 0 Å². The van der Waals surface area contributed by atoms with E-state index in [9.17, 15) is 13.9 Å². The molecule has 0 aromatic heterocycles. The summed E-state index contributed by atoms with van der Waals surface area (Å²) in [6.07, 6.45) is 5.47. The van der Waals surface area contributed by atoms with Crippen LogP contribution in [0.1, 0.15) is 75.1 Å². The van der Waals surface area contributed by atoms with Gasteiger partial charge in [-0.25, -0.2) is 8.78 Å². The molecule has 25 heavy (non-hydrogen) atoms. The highest BCUT2D eigenvalue weighted by atomic mass is 19.3. The topological polar surface area (TPSA) is 32.3 Å². The van der Waals surface area contributed by atoms with Crippen LogP contribution in [0.15, 0.2) is 18.2 Å². The Morgan fingerprint density at radius 1 is 1.20 bits per heavy atom. The lowest BCUT2D eigenvalue weighted by atomic mass is 9.76. The van der Waals surface area contributed by atoms with Gasteiger partial charge in [-0.3, -0.25) is 0 Å². The number of hydrogen-bond acceptors (Lipinski definition) is 2. The van der Waals surface area contributed by atoms with Crippen molar-refractivity contribution in [3.63, 3.8) is 0 Å². The van der Waals surface area contributed by atoms with Crippen molar-refractivity contribution >= 4 is 0 Å². The number of halogens is 2. The van der Waals surface area contributed by atoms with E-state index in [0.717, 1.165) is 6.42 Å². The molecule has 0 aliphatic heterocycles. The molecule has 2 atom stereocenters. The van der Waals surface area contributed by atoms with Crippen molar-refractivity contribution in [3.05, 3.63) is 34.9 Å². The highest BCUT2D eigenvalue weighted by molar-refractivity contribution is 5.35. The van der Waals surface area contributed by atoms with E-state index in [4.69, 9.17) is 0 Å². The van der Waals surface area contributed by atoms with E-state index in [1.54, 1.807) is 6.92 Å². The Labute approximate surface area is 150 Å². The normalized spacial score (nSPS) is 24.4. The summed E-state index contributed by atoms with van der Waals surface area (Å²) in [5, 5.41) is 14.2. The van der Waals surface area contributed by atoms with E-state index < -0.39 is 11.5 Å². The molecule has 4 heteroatoms. The number of rotatable bonds is 5. The zero-order chi connectivity index (χ0) is 18.1. The molecule has 1 aromatic rings. The third kappa shape index (κ3) is 4.59. The lowest BCUT2D eigenvalue weighted by molar-refractivity contribution is -0.0873. The van der Waals surface area contributed by atoms with E-state index in [-0.39, 0.29) is 24.8 Å². The highest BCUT2D eigenvalue weighted by Crippen LogP contribution is 2.40. The van der Waals surface area contributed by atoms with Crippen LogP contribution < -0.4 is 5.32 Å². The molecule has 0 radical (unpaired) electrons. The van der Waals surface area contributed by atoms with Gasteiger partial charge >= 0.3 is 0 Å². The van der Waals surface area contributed by atoms with Crippen molar-refractivity contribution < 1.29 is 13.9 Å². The number of hydrogen-bond donors (Lipinski definition) is 2. The molecule has 2 N–H and O–H groups in total. The van der Waals surface area contributed by atoms with Gasteiger partial charge in [-0.05, 0) is 75.0 Å². The van der Waals surface area contributed by atoms with Gasteiger partial charge in [0.1, 0.15) is 0 Å². The van der Waals surface area contributed by atoms with Crippen LogP contribution >= 0.6 is 0 Å². The van der Waals surface area contributed by atoms with Crippen LogP contribution in [0.5, 0.6) is 0 Å². The molecule has 1 saturated carbocycles. The van der Waals surface area contributed by atoms with Gasteiger partial charge in [0.15, 0.2) is 0 Å². The van der Waals surface area contributed by atoms with Crippen molar-refractivity contribution in [1.29, 1.82) is 0 Å². The van der Waals surface area contributed by atoms with Crippen LogP contribution in [0.2, 0.25) is 0 Å². The van der Waals surface area contributed by atoms with Gasteiger partial charge in [0.25, 0.3) is 0 Å². The number of aryl methyl sites for hydroxylation is 2. The molecule has 0 amide bonds. The molecule has 0 spiro atoms. The Balaban J connectivity index is 1.57. The Kier molecular flexibility index (Phi) is 5.50. The summed E-state index contributed by atoms with van der Waals surface area (Å²) < 4.78 is 26.7. The molecule has 0 saturated heterocycles. The Bertz CT molecular complexity index is 590. The van der Waals surface area contributed by atoms with Crippen LogP contribution in [0.25, 0.3) is 0 Å². The lowest BCUT2D eigenvalue weighted by Gasteiger charge is -2.38. The Hall–Kier alpha value is -1.00. The fourth-order valence-electron chi connectivity index (χ4n) is 4.31. The highest BCUT2D eigenvalue weighted by Gasteiger charge is 2.41. The SMILES string of the molecule is CC(NCC(C)(O)C1CCC(F)(F)CC1)c1ccc2c(c1)CCCC2. The molecule has 2 aliphatic carbocycles. The molecule has 2 nitrogen and oxygen atoms in total. The zero-order valence-electron chi connectivity index (χ0n) is 15.5. The van der Waals surface area contributed by atoms with Crippen LogP contribution in [0.3, 0.4) is 0 Å². The summed E-state index contributed by atoms with van der Waals surface area (Å²) >= 11 is 0. The van der Waals surface area contributed by atoms with Gasteiger partial charge in [0, 0.05) is 25.4 Å². The second-order valence-electron chi connectivity index (χ2n) is 8.33. The summed E-state index contributed by atoms with van der Waals surface area (Å²) in [6, 6.07) is 6.85. The molecular formula is C21H31F2NO. The number of alkyl halides is 2. The van der Waals surface area contributed by atoms with E-state index >= 15 is 0 Å². The zero-order valence-corrected chi connectivity index (χ0v) is 15.5. The van der Waals surface area contributed by atoms with Crippen LogP contribution in [-0.4, -0.2) is 23.2 Å². The third-order valence-electron chi connectivity index (χ3n) is 6.24. The van der Waals surface area contributed by atoms with Crippen molar-refractivity contribution in [2.24, 2.45) is 5.92 Å². The van der Waals surface area contributed by atoms with E-state index in [2.05, 4.69) is 30.4 Å². The van der Waals surface area contributed by atoms with E-state index in [1.807, 2.05) is 0 Å². The minimum absolute atomic E-state index is 0.0599. The fraction of sp³-hybridized carbons (Fsp3) is 0.714. The smallest absolute Gasteiger partial charge is 0.248 e. The summed E-state index contributed by atoms with van der Waals surface area (Å²) in [7, 11) is 0. The molecule has 2 aliphatic rings. The van der Waals surface area contributed by atoms with Gasteiger partial charge in [0.2, 0.25) is 5.92 Å². The quantitative estimate of drug-likeness (QED) is 0.799. The van der Waals surface area contributed by atoms with Crippen molar-refractivity contribution in [2.45, 2.75) is 82.8 Å². The summed E-state index contributed by atoms with van der Waals surface area (Å²) in [5.74, 6) is -2.61. The Morgan fingerprint density at radius 2 is 1.84 bits per heavy atom. The first-order chi connectivity index (χ1) is 11.8. The van der Waals surface area contributed by atoms with Gasteiger partial charge in [0.05, 0.1) is 5.60 Å².